The molecule has 1 amide bonds. The first-order valence-electron chi connectivity index (χ1n) is 8.87. The van der Waals surface area contributed by atoms with E-state index < -0.39 is 35.8 Å². The van der Waals surface area contributed by atoms with Gasteiger partial charge < -0.3 is 10.1 Å². The fourth-order valence-electron chi connectivity index (χ4n) is 2.90. The van der Waals surface area contributed by atoms with Gasteiger partial charge in [-0.2, -0.15) is 0 Å². The first-order chi connectivity index (χ1) is 14.5. The normalized spacial score (nSPS) is 10.7. The first kappa shape index (κ1) is 19.7. The van der Waals surface area contributed by atoms with Crippen LogP contribution in [0.25, 0.3) is 21.5 Å². The average Bonchev–Trinajstić information content (AvgIpc) is 3.29. The molecule has 1 N–H and O–H groups in total. The van der Waals surface area contributed by atoms with E-state index in [1.54, 1.807) is 30.3 Å². The molecule has 0 bridgehead atoms. The van der Waals surface area contributed by atoms with E-state index in [0.717, 1.165) is 17.0 Å². The van der Waals surface area contributed by atoms with Crippen LogP contribution in [0.2, 0.25) is 0 Å². The number of hydrogen-bond acceptors (Lipinski definition) is 5. The van der Waals surface area contributed by atoms with Crippen molar-refractivity contribution in [2.24, 2.45) is 0 Å². The van der Waals surface area contributed by atoms with Crippen LogP contribution in [-0.4, -0.2) is 23.5 Å². The van der Waals surface area contributed by atoms with Gasteiger partial charge in [0, 0.05) is 5.39 Å². The zero-order valence-electron chi connectivity index (χ0n) is 15.4. The lowest BCUT2D eigenvalue weighted by Crippen LogP contribution is -2.22. The lowest BCUT2D eigenvalue weighted by Gasteiger charge is -2.10. The summed E-state index contributed by atoms with van der Waals surface area (Å²) < 4.78 is 32.4. The number of rotatable bonds is 5. The maximum Gasteiger partial charge on any atom is 0.339 e. The van der Waals surface area contributed by atoms with Crippen molar-refractivity contribution in [3.05, 3.63) is 83.2 Å². The summed E-state index contributed by atoms with van der Waals surface area (Å²) in [6, 6.07) is 15.6. The minimum atomic E-state index is -0.921. The van der Waals surface area contributed by atoms with Gasteiger partial charge in [-0.15, -0.1) is 11.3 Å². The van der Waals surface area contributed by atoms with Crippen molar-refractivity contribution in [1.29, 1.82) is 0 Å². The highest BCUT2D eigenvalue weighted by Gasteiger charge is 2.18. The van der Waals surface area contributed by atoms with E-state index in [1.165, 1.54) is 17.4 Å². The van der Waals surface area contributed by atoms with E-state index in [-0.39, 0.29) is 5.56 Å². The highest BCUT2D eigenvalue weighted by molar-refractivity contribution is 7.13. The van der Waals surface area contributed by atoms with Crippen molar-refractivity contribution in [3.8, 4) is 10.6 Å². The number of anilines is 1. The number of hydrogen-bond donors (Lipinski definition) is 1. The number of pyridine rings is 1. The Morgan fingerprint density at radius 1 is 1.00 bits per heavy atom. The number of esters is 1. The molecule has 2 aromatic heterocycles. The van der Waals surface area contributed by atoms with E-state index in [0.29, 0.717) is 16.6 Å². The standard InChI is InChI=1S/C22H14F2N2O3S/c23-15-6-3-7-16(24)21(15)26-20(27)12-29-22(28)14-11-18(19-9-4-10-30-19)25-17-8-2-1-5-13(14)17/h1-11H,12H2,(H,26,27). The highest BCUT2D eigenvalue weighted by Crippen LogP contribution is 2.28. The minimum Gasteiger partial charge on any atom is -0.452 e. The number of amides is 1. The molecule has 8 heteroatoms. The molecule has 0 aliphatic heterocycles. The molecular formula is C22H14F2N2O3S. The lowest BCUT2D eigenvalue weighted by molar-refractivity contribution is -0.119. The fourth-order valence-corrected chi connectivity index (χ4v) is 3.58. The number of ether oxygens (including phenoxy) is 1. The summed E-state index contributed by atoms with van der Waals surface area (Å²) in [4.78, 5) is 30.2. The number of nitrogens with zero attached hydrogens (tertiary/aromatic N) is 1. The Labute approximate surface area is 173 Å². The number of carbonyl (C=O) groups excluding carboxylic acids is 2. The molecule has 2 heterocycles. The summed E-state index contributed by atoms with van der Waals surface area (Å²) in [7, 11) is 0. The number of carbonyl (C=O) groups is 2. The predicted molar refractivity (Wildman–Crippen MR) is 110 cm³/mol. The molecule has 0 atom stereocenters. The van der Waals surface area contributed by atoms with Crippen LogP contribution in [-0.2, 0) is 9.53 Å². The van der Waals surface area contributed by atoms with Crippen LogP contribution in [0, 0.1) is 11.6 Å². The Bertz CT molecular complexity index is 1220. The van der Waals surface area contributed by atoms with E-state index in [2.05, 4.69) is 10.3 Å². The number of halogens is 2. The molecule has 30 heavy (non-hydrogen) atoms. The Morgan fingerprint density at radius 3 is 2.50 bits per heavy atom. The van der Waals surface area contributed by atoms with Crippen LogP contribution in [0.15, 0.2) is 66.0 Å². The van der Waals surface area contributed by atoms with Crippen molar-refractivity contribution in [3.63, 3.8) is 0 Å². The van der Waals surface area contributed by atoms with Crippen LogP contribution in [0.3, 0.4) is 0 Å². The molecule has 0 radical (unpaired) electrons. The van der Waals surface area contributed by atoms with Crippen LogP contribution < -0.4 is 5.32 Å². The number of nitrogens with one attached hydrogen (secondary N) is 1. The zero-order valence-corrected chi connectivity index (χ0v) is 16.2. The van der Waals surface area contributed by atoms with Crippen molar-refractivity contribution >= 4 is 39.8 Å². The third-order valence-corrected chi connectivity index (χ3v) is 5.16. The largest absolute Gasteiger partial charge is 0.452 e. The SMILES string of the molecule is O=C(COC(=O)c1cc(-c2cccs2)nc2ccccc12)Nc1c(F)cccc1F. The molecule has 0 saturated heterocycles. The van der Waals surface area contributed by atoms with E-state index in [9.17, 15) is 18.4 Å². The molecule has 4 aromatic rings. The number of fused-ring (bicyclic) bond motifs is 1. The summed E-state index contributed by atoms with van der Waals surface area (Å²) >= 11 is 1.48. The van der Waals surface area contributed by atoms with Crippen molar-refractivity contribution in [1.82, 2.24) is 4.98 Å². The second-order valence-electron chi connectivity index (χ2n) is 6.27. The molecule has 0 aliphatic carbocycles. The Balaban J connectivity index is 1.55. The van der Waals surface area contributed by atoms with Gasteiger partial charge in [0.15, 0.2) is 6.61 Å². The van der Waals surface area contributed by atoms with E-state index in [1.807, 2.05) is 17.5 Å². The predicted octanol–water partition coefficient (Wildman–Crippen LogP) is 5.04. The lowest BCUT2D eigenvalue weighted by atomic mass is 10.1. The topological polar surface area (TPSA) is 68.3 Å². The number of benzene rings is 2. The van der Waals surface area contributed by atoms with Crippen molar-refractivity contribution in [2.45, 2.75) is 0 Å². The van der Waals surface area contributed by atoms with Gasteiger partial charge >= 0.3 is 5.97 Å². The summed E-state index contributed by atoms with van der Waals surface area (Å²) in [5, 5.41) is 4.55. The third kappa shape index (κ3) is 4.04. The second kappa shape index (κ2) is 8.38. The van der Waals surface area contributed by atoms with Crippen LogP contribution in [0.4, 0.5) is 14.5 Å². The van der Waals surface area contributed by atoms with Crippen molar-refractivity contribution in [2.75, 3.05) is 11.9 Å². The number of para-hydroxylation sites is 2. The van der Waals surface area contributed by atoms with Crippen LogP contribution >= 0.6 is 11.3 Å². The Hall–Kier alpha value is -3.65. The van der Waals surface area contributed by atoms with E-state index >= 15 is 0 Å². The average molecular weight is 424 g/mol. The van der Waals surface area contributed by atoms with Gasteiger partial charge in [-0.1, -0.05) is 30.3 Å². The third-order valence-electron chi connectivity index (χ3n) is 4.27. The zero-order chi connectivity index (χ0) is 21.1. The van der Waals surface area contributed by atoms with E-state index in [4.69, 9.17) is 4.74 Å². The fraction of sp³-hybridized carbons (Fsp3) is 0.0455. The van der Waals surface area contributed by atoms with Gasteiger partial charge in [0.05, 0.1) is 21.7 Å². The van der Waals surface area contributed by atoms with Gasteiger partial charge in [-0.3, -0.25) is 4.79 Å². The van der Waals surface area contributed by atoms with Gasteiger partial charge in [0.1, 0.15) is 17.3 Å². The molecular weight excluding hydrogens is 410 g/mol. The quantitative estimate of drug-likeness (QED) is 0.456. The first-order valence-corrected chi connectivity index (χ1v) is 9.75. The number of thiophene rings is 1. The van der Waals surface area contributed by atoms with Crippen molar-refractivity contribution < 1.29 is 23.1 Å². The molecule has 150 valence electrons. The maximum atomic E-state index is 13.7. The van der Waals surface area contributed by atoms with Gasteiger partial charge in [-0.05, 0) is 35.7 Å². The summed E-state index contributed by atoms with van der Waals surface area (Å²) in [6.07, 6.45) is 0. The molecule has 0 saturated carbocycles. The highest BCUT2D eigenvalue weighted by atomic mass is 32.1. The Morgan fingerprint density at radius 2 is 1.77 bits per heavy atom. The summed E-state index contributed by atoms with van der Waals surface area (Å²) in [6.45, 7) is -0.697. The monoisotopic (exact) mass is 424 g/mol. The molecule has 0 aliphatic rings. The Kier molecular flexibility index (Phi) is 5.49. The molecule has 5 nitrogen and oxygen atoms in total. The molecule has 0 fully saturated rings. The molecule has 0 unspecified atom stereocenters. The van der Waals surface area contributed by atoms with Gasteiger partial charge in [-0.25, -0.2) is 18.6 Å². The summed E-state index contributed by atoms with van der Waals surface area (Å²) in [5.41, 5.74) is 0.864. The number of aromatic nitrogens is 1. The molecule has 0 spiro atoms. The van der Waals surface area contributed by atoms with Gasteiger partial charge in [0.2, 0.25) is 0 Å². The van der Waals surface area contributed by atoms with Crippen LogP contribution in [0.1, 0.15) is 10.4 Å². The summed E-state index contributed by atoms with van der Waals surface area (Å²) in [5.74, 6) is -3.44. The minimum absolute atomic E-state index is 0.244. The maximum absolute atomic E-state index is 13.7. The van der Waals surface area contributed by atoms with Gasteiger partial charge in [0.25, 0.3) is 5.91 Å². The molecule has 4 rings (SSSR count). The molecule has 2 aromatic carbocycles. The van der Waals surface area contributed by atoms with Crippen LogP contribution in [0.5, 0.6) is 0 Å². The second-order valence-corrected chi connectivity index (χ2v) is 7.22. The smallest absolute Gasteiger partial charge is 0.339 e.